The predicted molar refractivity (Wildman–Crippen MR) is 76.5 cm³/mol. The molecule has 1 aromatic rings. The first-order chi connectivity index (χ1) is 8.94. The molecule has 0 radical (unpaired) electrons. The Balaban J connectivity index is 2.05. The number of carbonyl (C=O) groups is 1. The van der Waals surface area contributed by atoms with Crippen molar-refractivity contribution in [2.24, 2.45) is 0 Å². The maximum Gasteiger partial charge on any atom is 0.255 e. The van der Waals surface area contributed by atoms with E-state index in [1.807, 2.05) is 7.05 Å². The van der Waals surface area contributed by atoms with Gasteiger partial charge < -0.3 is 9.80 Å². The van der Waals surface area contributed by atoms with Gasteiger partial charge in [0.25, 0.3) is 5.91 Å². The van der Waals surface area contributed by atoms with Gasteiger partial charge in [-0.25, -0.2) is 4.98 Å². The summed E-state index contributed by atoms with van der Waals surface area (Å²) in [4.78, 5) is 20.3. The monoisotopic (exact) mass is 281 g/mol. The third-order valence-electron chi connectivity index (χ3n) is 4.09. The summed E-state index contributed by atoms with van der Waals surface area (Å²) in [7, 11) is 6.02. The molecule has 1 fully saturated rings. The van der Waals surface area contributed by atoms with Crippen LogP contribution in [-0.4, -0.2) is 53.9 Å². The molecule has 0 atom stereocenters. The van der Waals surface area contributed by atoms with Crippen LogP contribution >= 0.6 is 11.6 Å². The van der Waals surface area contributed by atoms with Crippen LogP contribution in [-0.2, 0) is 0 Å². The molecular formula is C14H20ClN3O. The first-order valence-electron chi connectivity index (χ1n) is 6.49. The smallest absolute Gasteiger partial charge is 0.255 e. The lowest BCUT2D eigenvalue weighted by molar-refractivity contribution is 0.0252. The molecule has 0 unspecified atom stereocenters. The molecule has 4 nitrogen and oxygen atoms in total. The van der Waals surface area contributed by atoms with E-state index in [-0.39, 0.29) is 11.4 Å². The zero-order valence-corrected chi connectivity index (χ0v) is 12.4. The molecule has 1 saturated carbocycles. The number of nitrogens with zero attached hydrogens (tertiary/aromatic N) is 3. The van der Waals surface area contributed by atoms with Gasteiger partial charge in [-0.05, 0) is 45.5 Å². The van der Waals surface area contributed by atoms with E-state index in [1.54, 1.807) is 17.0 Å². The van der Waals surface area contributed by atoms with E-state index in [1.165, 1.54) is 12.6 Å². The summed E-state index contributed by atoms with van der Waals surface area (Å²) in [6, 6.07) is 3.37. The number of likely N-dealkylation sites (N-methyl/N-ethyl adjacent to an activating group) is 2. The van der Waals surface area contributed by atoms with Gasteiger partial charge in [-0.3, -0.25) is 4.79 Å². The van der Waals surface area contributed by atoms with Gasteiger partial charge >= 0.3 is 0 Å². The van der Waals surface area contributed by atoms with E-state index in [4.69, 9.17) is 11.6 Å². The number of aromatic nitrogens is 1. The lowest BCUT2D eigenvalue weighted by Gasteiger charge is -2.49. The summed E-state index contributed by atoms with van der Waals surface area (Å²) < 4.78 is 0. The minimum Gasteiger partial charge on any atom is -0.340 e. The summed E-state index contributed by atoms with van der Waals surface area (Å²) in [6.45, 7) is 0.751. The second-order valence-electron chi connectivity index (χ2n) is 5.50. The molecule has 1 aliphatic rings. The van der Waals surface area contributed by atoms with Crippen molar-refractivity contribution in [1.82, 2.24) is 14.8 Å². The summed E-state index contributed by atoms with van der Waals surface area (Å²) in [6.07, 6.45) is 5.07. The second-order valence-corrected chi connectivity index (χ2v) is 5.89. The molecule has 0 spiro atoms. The molecule has 0 aliphatic heterocycles. The van der Waals surface area contributed by atoms with Crippen LogP contribution in [0.3, 0.4) is 0 Å². The molecular weight excluding hydrogens is 262 g/mol. The van der Waals surface area contributed by atoms with Crippen molar-refractivity contribution in [3.05, 3.63) is 29.0 Å². The van der Waals surface area contributed by atoms with E-state index in [0.29, 0.717) is 10.7 Å². The SMILES string of the molecule is CN(CC1(N(C)C)CCC1)C(=O)c1ccc(Cl)nc1. The van der Waals surface area contributed by atoms with Crippen LogP contribution in [0.4, 0.5) is 0 Å². The molecule has 1 amide bonds. The standard InChI is InChI=1S/C14H20ClN3O/c1-17(2)14(7-4-8-14)10-18(3)13(19)11-5-6-12(15)16-9-11/h5-6,9H,4,7-8,10H2,1-3H3. The quantitative estimate of drug-likeness (QED) is 0.795. The molecule has 104 valence electrons. The van der Waals surface area contributed by atoms with Crippen molar-refractivity contribution < 1.29 is 4.79 Å². The number of hydrogen-bond donors (Lipinski definition) is 0. The van der Waals surface area contributed by atoms with Crippen molar-refractivity contribution in [2.45, 2.75) is 24.8 Å². The Morgan fingerprint density at radius 3 is 2.47 bits per heavy atom. The summed E-state index contributed by atoms with van der Waals surface area (Å²) >= 11 is 5.73. The van der Waals surface area contributed by atoms with Gasteiger partial charge in [-0.2, -0.15) is 0 Å². The summed E-state index contributed by atoms with van der Waals surface area (Å²) in [5.74, 6) is -0.00251. The fraction of sp³-hybridized carbons (Fsp3) is 0.571. The lowest BCUT2D eigenvalue weighted by Crippen LogP contribution is -2.57. The highest BCUT2D eigenvalue weighted by Gasteiger charge is 2.40. The van der Waals surface area contributed by atoms with E-state index >= 15 is 0 Å². The fourth-order valence-corrected chi connectivity index (χ4v) is 2.68. The number of halogens is 1. The average Bonchev–Trinajstić information content (AvgIpc) is 2.33. The molecule has 0 bridgehead atoms. The van der Waals surface area contributed by atoms with Crippen molar-refractivity contribution in [2.75, 3.05) is 27.7 Å². The first kappa shape index (κ1) is 14.3. The van der Waals surface area contributed by atoms with Gasteiger partial charge in [0.15, 0.2) is 0 Å². The minimum atomic E-state index is -0.00251. The van der Waals surface area contributed by atoms with Crippen LogP contribution in [0.5, 0.6) is 0 Å². The first-order valence-corrected chi connectivity index (χ1v) is 6.87. The maximum absolute atomic E-state index is 12.3. The Kier molecular flexibility index (Phi) is 4.11. The predicted octanol–water partition coefficient (Wildman–Crippen LogP) is 2.29. The average molecular weight is 282 g/mol. The van der Waals surface area contributed by atoms with Crippen LogP contribution in [0.2, 0.25) is 5.15 Å². The zero-order chi connectivity index (χ0) is 14.0. The number of pyridine rings is 1. The van der Waals surface area contributed by atoms with Crippen LogP contribution in [0.25, 0.3) is 0 Å². The van der Waals surface area contributed by atoms with E-state index < -0.39 is 0 Å². The van der Waals surface area contributed by atoms with Gasteiger partial charge in [0.05, 0.1) is 5.56 Å². The largest absolute Gasteiger partial charge is 0.340 e. The van der Waals surface area contributed by atoms with Crippen molar-refractivity contribution in [3.8, 4) is 0 Å². The second kappa shape index (κ2) is 5.47. The highest BCUT2D eigenvalue weighted by atomic mass is 35.5. The fourth-order valence-electron chi connectivity index (χ4n) is 2.57. The molecule has 2 rings (SSSR count). The Bertz CT molecular complexity index is 454. The normalized spacial score (nSPS) is 17.1. The van der Waals surface area contributed by atoms with E-state index in [0.717, 1.165) is 19.4 Å². The Labute approximate surface area is 119 Å². The molecule has 0 N–H and O–H groups in total. The van der Waals surface area contributed by atoms with Gasteiger partial charge in [0.2, 0.25) is 0 Å². The highest BCUT2D eigenvalue weighted by molar-refractivity contribution is 6.29. The van der Waals surface area contributed by atoms with Crippen LogP contribution in [0, 0.1) is 0 Å². The molecule has 19 heavy (non-hydrogen) atoms. The third-order valence-corrected chi connectivity index (χ3v) is 4.31. The Hall–Kier alpha value is -1.13. The Morgan fingerprint density at radius 1 is 1.37 bits per heavy atom. The summed E-state index contributed by atoms with van der Waals surface area (Å²) in [5.41, 5.74) is 0.727. The van der Waals surface area contributed by atoms with Crippen LogP contribution < -0.4 is 0 Å². The van der Waals surface area contributed by atoms with Gasteiger partial charge in [0, 0.05) is 25.3 Å². The molecule has 1 heterocycles. The van der Waals surface area contributed by atoms with Gasteiger partial charge in [-0.15, -0.1) is 0 Å². The molecule has 0 saturated heterocycles. The third kappa shape index (κ3) is 2.90. The number of rotatable bonds is 4. The highest BCUT2D eigenvalue weighted by Crippen LogP contribution is 2.36. The molecule has 5 heteroatoms. The van der Waals surface area contributed by atoms with Crippen LogP contribution in [0.1, 0.15) is 29.6 Å². The topological polar surface area (TPSA) is 36.4 Å². The molecule has 1 aliphatic carbocycles. The lowest BCUT2D eigenvalue weighted by atomic mass is 9.75. The van der Waals surface area contributed by atoms with Crippen LogP contribution in [0.15, 0.2) is 18.3 Å². The number of hydrogen-bond acceptors (Lipinski definition) is 3. The number of carbonyl (C=O) groups excluding carboxylic acids is 1. The zero-order valence-electron chi connectivity index (χ0n) is 11.7. The van der Waals surface area contributed by atoms with Gasteiger partial charge in [-0.1, -0.05) is 11.6 Å². The summed E-state index contributed by atoms with van der Waals surface area (Å²) in [5, 5.41) is 0.406. The van der Waals surface area contributed by atoms with E-state index in [2.05, 4.69) is 24.0 Å². The minimum absolute atomic E-state index is 0.00251. The Morgan fingerprint density at radius 2 is 2.05 bits per heavy atom. The van der Waals surface area contributed by atoms with Gasteiger partial charge in [0.1, 0.15) is 5.15 Å². The van der Waals surface area contributed by atoms with Crippen molar-refractivity contribution in [1.29, 1.82) is 0 Å². The van der Waals surface area contributed by atoms with E-state index in [9.17, 15) is 4.79 Å². The molecule has 1 aromatic heterocycles. The maximum atomic E-state index is 12.3. The van der Waals surface area contributed by atoms with Crippen molar-refractivity contribution in [3.63, 3.8) is 0 Å². The van der Waals surface area contributed by atoms with Crippen molar-refractivity contribution >= 4 is 17.5 Å². The molecule has 0 aromatic carbocycles. The number of amides is 1.